The van der Waals surface area contributed by atoms with Crippen LogP contribution in [0.15, 0.2) is 30.3 Å². The molecule has 2 aliphatic rings. The van der Waals surface area contributed by atoms with E-state index in [1.807, 2.05) is 19.9 Å². The molecule has 1 fully saturated rings. The first-order valence-electron chi connectivity index (χ1n) is 11.3. The molecule has 7 nitrogen and oxygen atoms in total. The number of carboxylic acid groups (broad SMARTS) is 1. The Kier molecular flexibility index (Phi) is 4.66. The first kappa shape index (κ1) is 18.5. The van der Waals surface area contributed by atoms with Crippen molar-refractivity contribution in [2.24, 2.45) is 11.3 Å². The summed E-state index contributed by atoms with van der Waals surface area (Å²) in [6.07, 6.45) is 0.328. The maximum absolute atomic E-state index is 12.1. The van der Waals surface area contributed by atoms with Crippen molar-refractivity contribution in [2.45, 2.75) is 39.4 Å². The molecule has 0 spiro atoms. The summed E-state index contributed by atoms with van der Waals surface area (Å²) in [7, 11) is -0.221. The van der Waals surface area contributed by atoms with E-state index in [2.05, 4.69) is 0 Å². The molecule has 1 aliphatic heterocycles. The van der Waals surface area contributed by atoms with E-state index in [4.69, 9.17) is 21.7 Å². The van der Waals surface area contributed by atoms with Gasteiger partial charge in [0, 0.05) is 11.1 Å². The minimum atomic E-state index is -1.66. The molecule has 1 N–H and O–H groups in total. The Morgan fingerprint density at radius 1 is 1.16 bits per heavy atom. The molecule has 31 heavy (non-hydrogen) atoms. The number of aliphatic carboxylic acids is 1. The third-order valence-electron chi connectivity index (χ3n) is 6.02. The van der Waals surface area contributed by atoms with Crippen LogP contribution in [-0.2, 0) is 16.1 Å². The fourth-order valence-electron chi connectivity index (χ4n) is 4.23. The van der Waals surface area contributed by atoms with Gasteiger partial charge in [-0.15, -0.1) is 0 Å². The van der Waals surface area contributed by atoms with Crippen LogP contribution < -0.4 is 14.2 Å². The number of esters is 1. The Balaban J connectivity index is 1.87. The highest BCUT2D eigenvalue weighted by Gasteiger charge is 2.59. The van der Waals surface area contributed by atoms with E-state index >= 15 is 0 Å². The van der Waals surface area contributed by atoms with Gasteiger partial charge in [0.25, 0.3) is 0 Å². The summed E-state index contributed by atoms with van der Waals surface area (Å²) in [6.45, 7) is 3.95. The Hall–Kier alpha value is -3.22. The number of carbonyl (C=O) groups excluding carboxylic acids is 1. The summed E-state index contributed by atoms with van der Waals surface area (Å²) >= 11 is 0. The molecule has 0 radical (unpaired) electrons. The van der Waals surface area contributed by atoms with Crippen molar-refractivity contribution in [1.29, 1.82) is 0 Å². The van der Waals surface area contributed by atoms with E-state index in [1.54, 1.807) is 24.3 Å². The Morgan fingerprint density at radius 2 is 1.90 bits per heavy atom. The minimum Gasteiger partial charge on any atom is -0.493 e. The fourth-order valence-corrected chi connectivity index (χ4v) is 4.23. The quantitative estimate of drug-likeness (QED) is 0.627. The number of carbonyl (C=O) groups is 2. The zero-order valence-corrected chi connectivity index (χ0v) is 17.6. The van der Waals surface area contributed by atoms with Gasteiger partial charge in [0.05, 0.1) is 22.5 Å². The zero-order chi connectivity index (χ0) is 23.9. The molecule has 1 heterocycles. The topological polar surface area (TPSA) is 91.3 Å². The molecule has 2 aromatic rings. The lowest BCUT2D eigenvalue weighted by Gasteiger charge is -2.30. The van der Waals surface area contributed by atoms with Gasteiger partial charge in [0.15, 0.2) is 11.5 Å². The number of methoxy groups -OCH3 is 2. The molecule has 2 aromatic carbocycles. The SMILES string of the molecule is [2H]C([2H])Oc1c(OC)ccc(-c2ccc3c(c2)COC3=O)c1OC(C(C)C)C1(C(=O)O)CC1. The lowest BCUT2D eigenvalue weighted by atomic mass is 9.90. The van der Waals surface area contributed by atoms with Gasteiger partial charge in [0.2, 0.25) is 5.75 Å². The molecule has 0 saturated heterocycles. The average Bonchev–Trinajstić information content (AvgIpc) is 3.49. The molecule has 1 saturated carbocycles. The van der Waals surface area contributed by atoms with E-state index in [9.17, 15) is 14.7 Å². The van der Waals surface area contributed by atoms with Crippen molar-refractivity contribution in [1.82, 2.24) is 0 Å². The van der Waals surface area contributed by atoms with Crippen LogP contribution in [0.2, 0.25) is 0 Å². The number of hydrogen-bond donors (Lipinski definition) is 1. The highest BCUT2D eigenvalue weighted by molar-refractivity contribution is 5.94. The second-order valence-corrected chi connectivity index (χ2v) is 8.28. The van der Waals surface area contributed by atoms with Crippen LogP contribution in [0.25, 0.3) is 11.1 Å². The minimum absolute atomic E-state index is 0.0599. The summed E-state index contributed by atoms with van der Waals surface area (Å²) in [6, 6.07) is 8.62. The summed E-state index contributed by atoms with van der Waals surface area (Å²) in [4.78, 5) is 23.9. The summed E-state index contributed by atoms with van der Waals surface area (Å²) in [5.41, 5.74) is 1.48. The highest BCUT2D eigenvalue weighted by Crippen LogP contribution is 2.54. The molecule has 164 valence electrons. The largest absolute Gasteiger partial charge is 0.493 e. The molecule has 0 bridgehead atoms. The lowest BCUT2D eigenvalue weighted by Crippen LogP contribution is -2.39. The number of ether oxygens (including phenoxy) is 4. The Labute approximate surface area is 183 Å². The van der Waals surface area contributed by atoms with Gasteiger partial charge < -0.3 is 24.1 Å². The third kappa shape index (κ3) is 3.48. The van der Waals surface area contributed by atoms with Crippen molar-refractivity contribution in [3.05, 3.63) is 41.5 Å². The van der Waals surface area contributed by atoms with Gasteiger partial charge >= 0.3 is 11.9 Å². The lowest BCUT2D eigenvalue weighted by molar-refractivity contribution is -0.148. The number of cyclic esters (lactones) is 1. The number of fused-ring (bicyclic) bond motifs is 1. The Morgan fingerprint density at radius 3 is 2.52 bits per heavy atom. The van der Waals surface area contributed by atoms with Crippen molar-refractivity contribution in [3.63, 3.8) is 0 Å². The standard InChI is InChI=1S/C24H26O7/c1-13(2)21(24(9-10-24)23(26)27)31-19-16(7-8-18(28-3)20(19)29-4)14-5-6-17-15(11-14)12-30-22(17)25/h5-8,11,13,21H,9-10,12H2,1-4H3,(H,26,27)/i4D2. The monoisotopic (exact) mass is 428 g/mol. The van der Waals surface area contributed by atoms with Crippen LogP contribution in [0.5, 0.6) is 17.2 Å². The zero-order valence-electron chi connectivity index (χ0n) is 19.6. The molecule has 7 heteroatoms. The van der Waals surface area contributed by atoms with Crippen LogP contribution in [0.4, 0.5) is 0 Å². The van der Waals surface area contributed by atoms with Crippen molar-refractivity contribution in [3.8, 4) is 28.4 Å². The summed E-state index contributed by atoms with van der Waals surface area (Å²) < 4.78 is 37.7. The Bertz CT molecular complexity index is 1090. The molecule has 1 atom stereocenters. The predicted octanol–water partition coefficient (Wildman–Crippen LogP) is 4.31. The first-order chi connectivity index (χ1) is 15.7. The molecule has 1 aliphatic carbocycles. The van der Waals surface area contributed by atoms with Gasteiger partial charge in [-0.25, -0.2) is 4.79 Å². The number of hydrogen-bond acceptors (Lipinski definition) is 6. The fraction of sp³-hybridized carbons (Fsp3) is 0.417. The summed E-state index contributed by atoms with van der Waals surface area (Å²) in [5.74, 6) is -0.903. The molecule has 0 amide bonds. The van der Waals surface area contributed by atoms with Gasteiger partial charge in [-0.1, -0.05) is 19.9 Å². The van der Waals surface area contributed by atoms with Gasteiger partial charge in [0.1, 0.15) is 18.1 Å². The molecular formula is C24H26O7. The van der Waals surface area contributed by atoms with Crippen LogP contribution >= 0.6 is 0 Å². The van der Waals surface area contributed by atoms with E-state index in [0.29, 0.717) is 29.5 Å². The van der Waals surface area contributed by atoms with Crippen LogP contribution in [0.1, 0.15) is 45.4 Å². The van der Waals surface area contributed by atoms with E-state index in [-0.39, 0.29) is 35.7 Å². The second-order valence-electron chi connectivity index (χ2n) is 8.28. The van der Waals surface area contributed by atoms with Crippen molar-refractivity contribution >= 4 is 11.9 Å². The first-order valence-corrected chi connectivity index (χ1v) is 10.1. The molecular weight excluding hydrogens is 400 g/mol. The normalized spacial score (nSPS) is 18.0. The molecule has 4 rings (SSSR count). The predicted molar refractivity (Wildman–Crippen MR) is 113 cm³/mol. The van der Waals surface area contributed by atoms with Crippen LogP contribution in [0, 0.1) is 11.3 Å². The smallest absolute Gasteiger partial charge is 0.338 e. The van der Waals surface area contributed by atoms with E-state index < -0.39 is 24.6 Å². The number of carboxylic acids is 1. The van der Waals surface area contributed by atoms with Gasteiger partial charge in [-0.3, -0.25) is 4.79 Å². The summed E-state index contributed by atoms with van der Waals surface area (Å²) in [5, 5.41) is 9.89. The van der Waals surface area contributed by atoms with Crippen LogP contribution in [-0.4, -0.2) is 37.3 Å². The highest BCUT2D eigenvalue weighted by atomic mass is 16.5. The molecule has 0 aromatic heterocycles. The maximum atomic E-state index is 12.1. The van der Waals surface area contributed by atoms with Crippen molar-refractivity contribution < 1.29 is 36.4 Å². The number of rotatable bonds is 8. The second kappa shape index (κ2) is 7.80. The maximum Gasteiger partial charge on any atom is 0.338 e. The number of benzene rings is 2. The van der Waals surface area contributed by atoms with Gasteiger partial charge in [-0.2, -0.15) is 0 Å². The molecule has 1 unspecified atom stereocenters. The van der Waals surface area contributed by atoms with Crippen molar-refractivity contribution in [2.75, 3.05) is 14.2 Å². The van der Waals surface area contributed by atoms with E-state index in [1.165, 1.54) is 7.11 Å². The van der Waals surface area contributed by atoms with E-state index in [0.717, 1.165) is 5.56 Å². The average molecular weight is 428 g/mol. The third-order valence-corrected chi connectivity index (χ3v) is 6.02. The van der Waals surface area contributed by atoms with Gasteiger partial charge in [-0.05, 0) is 48.6 Å². The van der Waals surface area contributed by atoms with Crippen LogP contribution in [0.3, 0.4) is 0 Å².